The van der Waals surface area contributed by atoms with Crippen molar-refractivity contribution in [3.8, 4) is 0 Å². The average Bonchev–Trinajstić information content (AvgIpc) is 2.98. The van der Waals surface area contributed by atoms with E-state index in [1.165, 1.54) is 12.1 Å². The van der Waals surface area contributed by atoms with Crippen molar-refractivity contribution in [1.82, 2.24) is 0 Å². The van der Waals surface area contributed by atoms with Gasteiger partial charge in [0.1, 0.15) is 0 Å². The van der Waals surface area contributed by atoms with E-state index in [0.29, 0.717) is 11.7 Å². The summed E-state index contributed by atoms with van der Waals surface area (Å²) in [5.41, 5.74) is 7.12. The molecule has 0 bridgehead atoms. The van der Waals surface area contributed by atoms with Gasteiger partial charge in [-0.25, -0.2) is 13.6 Å². The van der Waals surface area contributed by atoms with Crippen LogP contribution in [0.3, 0.4) is 0 Å². The van der Waals surface area contributed by atoms with E-state index < -0.39 is 10.0 Å². The number of nitrogen functional groups attached to an aromatic ring is 1. The molecule has 88 valence electrons. The molecular formula is C10H15N3O2S. The Morgan fingerprint density at radius 3 is 2.50 bits per heavy atom. The topological polar surface area (TPSA) is 89.4 Å². The molecule has 4 N–H and O–H groups in total. The van der Waals surface area contributed by atoms with Gasteiger partial charge in [-0.15, -0.1) is 0 Å². The number of nitrogens with zero attached hydrogens (tertiary/aromatic N) is 1. The van der Waals surface area contributed by atoms with E-state index in [4.69, 9.17) is 10.9 Å². The molecule has 0 spiro atoms. The lowest BCUT2D eigenvalue weighted by atomic mass is 10.2. The van der Waals surface area contributed by atoms with E-state index in [9.17, 15) is 8.42 Å². The van der Waals surface area contributed by atoms with E-state index in [0.717, 1.165) is 18.5 Å². The third-order valence-corrected chi connectivity index (χ3v) is 3.72. The van der Waals surface area contributed by atoms with Crippen molar-refractivity contribution in [2.45, 2.75) is 23.8 Å². The minimum atomic E-state index is -3.66. The Kier molecular flexibility index (Phi) is 2.55. The Balaban J connectivity index is 2.43. The van der Waals surface area contributed by atoms with Crippen molar-refractivity contribution in [3.05, 3.63) is 18.2 Å². The first-order chi connectivity index (χ1) is 7.39. The Hall–Kier alpha value is -1.27. The lowest BCUT2D eigenvalue weighted by Crippen LogP contribution is -2.21. The molecule has 0 saturated heterocycles. The van der Waals surface area contributed by atoms with Gasteiger partial charge in [0.2, 0.25) is 10.0 Å². The molecule has 0 amide bonds. The molecule has 1 aliphatic carbocycles. The number of hydrogen-bond donors (Lipinski definition) is 2. The van der Waals surface area contributed by atoms with E-state index >= 15 is 0 Å². The first kappa shape index (κ1) is 11.2. The van der Waals surface area contributed by atoms with E-state index in [1.807, 2.05) is 11.9 Å². The monoisotopic (exact) mass is 241 g/mol. The highest BCUT2D eigenvalue weighted by molar-refractivity contribution is 7.89. The maximum absolute atomic E-state index is 11.2. The van der Waals surface area contributed by atoms with Gasteiger partial charge in [-0.3, -0.25) is 0 Å². The molecule has 2 rings (SSSR count). The van der Waals surface area contributed by atoms with Crippen LogP contribution in [-0.4, -0.2) is 21.5 Å². The molecule has 1 saturated carbocycles. The van der Waals surface area contributed by atoms with Crippen LogP contribution in [-0.2, 0) is 10.0 Å². The standard InChI is InChI=1S/C10H15N3O2S/c1-13(7-2-3-7)10-6-8(16(12,14)15)4-5-9(10)11/h4-7H,2-3,11H2,1H3,(H2,12,14,15). The second kappa shape index (κ2) is 3.64. The molecule has 0 radical (unpaired) electrons. The summed E-state index contributed by atoms with van der Waals surface area (Å²) in [6, 6.07) is 5.00. The normalized spacial score (nSPS) is 16.1. The number of rotatable bonds is 3. The van der Waals surface area contributed by atoms with Crippen molar-refractivity contribution >= 4 is 21.4 Å². The van der Waals surface area contributed by atoms with Crippen LogP contribution >= 0.6 is 0 Å². The van der Waals surface area contributed by atoms with Gasteiger partial charge in [-0.05, 0) is 31.0 Å². The van der Waals surface area contributed by atoms with Gasteiger partial charge in [0, 0.05) is 13.1 Å². The van der Waals surface area contributed by atoms with Crippen molar-refractivity contribution < 1.29 is 8.42 Å². The molecule has 0 atom stereocenters. The molecule has 1 fully saturated rings. The maximum atomic E-state index is 11.2. The summed E-state index contributed by atoms with van der Waals surface area (Å²) in [4.78, 5) is 2.11. The third kappa shape index (κ3) is 2.12. The number of anilines is 2. The summed E-state index contributed by atoms with van der Waals surface area (Å²) >= 11 is 0. The molecule has 1 aliphatic rings. The summed E-state index contributed by atoms with van der Waals surface area (Å²) in [7, 11) is -1.75. The predicted octanol–water partition coefficient (Wildman–Crippen LogP) is 0.515. The van der Waals surface area contributed by atoms with Crippen LogP contribution in [0.4, 0.5) is 11.4 Å². The van der Waals surface area contributed by atoms with Crippen molar-refractivity contribution in [2.24, 2.45) is 5.14 Å². The van der Waals surface area contributed by atoms with E-state index in [2.05, 4.69) is 0 Å². The minimum Gasteiger partial charge on any atom is -0.397 e. The lowest BCUT2D eigenvalue weighted by molar-refractivity contribution is 0.598. The fourth-order valence-electron chi connectivity index (χ4n) is 1.66. The first-order valence-electron chi connectivity index (χ1n) is 5.05. The average molecular weight is 241 g/mol. The fourth-order valence-corrected chi connectivity index (χ4v) is 2.20. The Labute approximate surface area is 95.1 Å². The number of sulfonamides is 1. The summed E-state index contributed by atoms with van der Waals surface area (Å²) in [6.45, 7) is 0. The summed E-state index contributed by atoms with van der Waals surface area (Å²) in [5.74, 6) is 0. The zero-order valence-corrected chi connectivity index (χ0v) is 9.87. The van der Waals surface area contributed by atoms with Crippen molar-refractivity contribution in [1.29, 1.82) is 0 Å². The Morgan fingerprint density at radius 1 is 1.38 bits per heavy atom. The fraction of sp³-hybridized carbons (Fsp3) is 0.400. The van der Waals surface area contributed by atoms with Gasteiger partial charge in [0.25, 0.3) is 0 Å². The largest absolute Gasteiger partial charge is 0.397 e. The lowest BCUT2D eigenvalue weighted by Gasteiger charge is -2.21. The smallest absolute Gasteiger partial charge is 0.238 e. The van der Waals surface area contributed by atoms with E-state index in [-0.39, 0.29) is 4.90 Å². The van der Waals surface area contributed by atoms with Crippen molar-refractivity contribution in [2.75, 3.05) is 17.7 Å². The molecule has 16 heavy (non-hydrogen) atoms. The molecule has 1 aromatic carbocycles. The van der Waals surface area contributed by atoms with Gasteiger partial charge in [-0.2, -0.15) is 0 Å². The third-order valence-electron chi connectivity index (χ3n) is 2.81. The number of benzene rings is 1. The molecule has 1 aromatic rings. The summed E-state index contributed by atoms with van der Waals surface area (Å²) in [6.07, 6.45) is 2.24. The van der Waals surface area contributed by atoms with Crippen LogP contribution in [0.5, 0.6) is 0 Å². The SMILES string of the molecule is CN(c1cc(S(N)(=O)=O)ccc1N)C1CC1. The Morgan fingerprint density at radius 2 is 2.00 bits per heavy atom. The van der Waals surface area contributed by atoms with Crippen LogP contribution in [0.1, 0.15) is 12.8 Å². The molecule has 0 aromatic heterocycles. The van der Waals surface area contributed by atoms with Crippen LogP contribution < -0.4 is 15.8 Å². The molecule has 0 unspecified atom stereocenters. The van der Waals surface area contributed by atoms with Gasteiger partial charge in [0.15, 0.2) is 0 Å². The van der Waals surface area contributed by atoms with Gasteiger partial charge in [0.05, 0.1) is 16.3 Å². The molecule has 0 aliphatic heterocycles. The second-order valence-electron chi connectivity index (χ2n) is 4.11. The van der Waals surface area contributed by atoms with E-state index in [1.54, 1.807) is 6.07 Å². The molecule has 6 heteroatoms. The molecule has 0 heterocycles. The quantitative estimate of drug-likeness (QED) is 0.755. The Bertz CT molecular complexity index is 509. The summed E-state index contributed by atoms with van der Waals surface area (Å²) < 4.78 is 22.4. The second-order valence-corrected chi connectivity index (χ2v) is 5.67. The van der Waals surface area contributed by atoms with Gasteiger partial charge in [-0.1, -0.05) is 0 Å². The highest BCUT2D eigenvalue weighted by Crippen LogP contribution is 2.34. The van der Waals surface area contributed by atoms with Crippen LogP contribution in [0.15, 0.2) is 23.1 Å². The van der Waals surface area contributed by atoms with Gasteiger partial charge >= 0.3 is 0 Å². The van der Waals surface area contributed by atoms with Crippen LogP contribution in [0.2, 0.25) is 0 Å². The van der Waals surface area contributed by atoms with Crippen LogP contribution in [0.25, 0.3) is 0 Å². The van der Waals surface area contributed by atoms with Crippen molar-refractivity contribution in [3.63, 3.8) is 0 Å². The minimum absolute atomic E-state index is 0.101. The highest BCUT2D eigenvalue weighted by atomic mass is 32.2. The van der Waals surface area contributed by atoms with Crippen LogP contribution in [0, 0.1) is 0 Å². The first-order valence-corrected chi connectivity index (χ1v) is 6.59. The molecular weight excluding hydrogens is 226 g/mol. The summed E-state index contributed by atoms with van der Waals surface area (Å²) in [5, 5.41) is 5.08. The van der Waals surface area contributed by atoms with Gasteiger partial charge < -0.3 is 10.6 Å². The molecule has 5 nitrogen and oxygen atoms in total. The number of primary sulfonamides is 1. The highest BCUT2D eigenvalue weighted by Gasteiger charge is 2.28. The predicted molar refractivity (Wildman–Crippen MR) is 63.7 cm³/mol. The zero-order chi connectivity index (χ0) is 11.9. The zero-order valence-electron chi connectivity index (χ0n) is 9.05. The number of hydrogen-bond acceptors (Lipinski definition) is 4. The number of nitrogens with two attached hydrogens (primary N) is 2. The maximum Gasteiger partial charge on any atom is 0.238 e.